The van der Waals surface area contributed by atoms with E-state index in [0.29, 0.717) is 12.3 Å². The fourth-order valence-corrected chi connectivity index (χ4v) is 3.02. The van der Waals surface area contributed by atoms with E-state index in [1.54, 1.807) is 0 Å². The van der Waals surface area contributed by atoms with E-state index < -0.39 is 0 Å². The molecule has 22 heavy (non-hydrogen) atoms. The molecule has 0 saturated carbocycles. The van der Waals surface area contributed by atoms with Crippen molar-refractivity contribution in [3.8, 4) is 0 Å². The third kappa shape index (κ3) is 3.22. The number of fused-ring (bicyclic) bond motifs is 1. The molecular formula is C20H23NO. The zero-order chi connectivity index (χ0) is 15.5. The van der Waals surface area contributed by atoms with Gasteiger partial charge in [-0.3, -0.25) is 4.79 Å². The number of carbonyl (C=O) groups is 1. The number of amides is 1. The number of hydrogen-bond acceptors (Lipinski definition) is 1. The molecule has 3 rings (SSSR count). The molecule has 0 aliphatic carbocycles. The quantitative estimate of drug-likeness (QED) is 0.839. The monoisotopic (exact) mass is 293 g/mol. The van der Waals surface area contributed by atoms with Crippen LogP contribution in [0.5, 0.6) is 0 Å². The van der Waals surface area contributed by atoms with Gasteiger partial charge in [0.15, 0.2) is 0 Å². The first kappa shape index (κ1) is 14.8. The summed E-state index contributed by atoms with van der Waals surface area (Å²) in [6.07, 6.45) is 1.47. The highest BCUT2D eigenvalue weighted by molar-refractivity contribution is 5.79. The fraction of sp³-hybridized carbons (Fsp3) is 0.350. The number of hydrogen-bond donors (Lipinski definition) is 0. The second-order valence-electron chi connectivity index (χ2n) is 6.41. The first-order chi connectivity index (χ1) is 10.6. The minimum absolute atomic E-state index is 0.229. The van der Waals surface area contributed by atoms with Crippen LogP contribution >= 0.6 is 0 Å². The molecule has 1 aliphatic rings. The van der Waals surface area contributed by atoms with Crippen LogP contribution in [0.3, 0.4) is 0 Å². The summed E-state index contributed by atoms with van der Waals surface area (Å²) in [5, 5.41) is 0. The van der Waals surface area contributed by atoms with Crippen molar-refractivity contribution in [2.75, 3.05) is 6.54 Å². The molecular weight excluding hydrogens is 270 g/mol. The number of nitrogens with zero attached hydrogens (tertiary/aromatic N) is 1. The van der Waals surface area contributed by atoms with Crippen molar-refractivity contribution < 1.29 is 4.79 Å². The van der Waals surface area contributed by atoms with Gasteiger partial charge in [0.1, 0.15) is 0 Å². The van der Waals surface area contributed by atoms with Crippen LogP contribution in [0, 0.1) is 0 Å². The van der Waals surface area contributed by atoms with Crippen LogP contribution in [0.2, 0.25) is 0 Å². The average molecular weight is 293 g/mol. The number of benzene rings is 2. The van der Waals surface area contributed by atoms with Gasteiger partial charge in [0.25, 0.3) is 0 Å². The van der Waals surface area contributed by atoms with Crippen LogP contribution < -0.4 is 0 Å². The molecule has 0 radical (unpaired) electrons. The molecule has 1 heterocycles. The lowest BCUT2D eigenvalue weighted by Gasteiger charge is -2.29. The molecule has 1 aliphatic heterocycles. The van der Waals surface area contributed by atoms with E-state index in [1.807, 2.05) is 4.90 Å². The van der Waals surface area contributed by atoms with Crippen LogP contribution in [0.1, 0.15) is 42.0 Å². The summed E-state index contributed by atoms with van der Waals surface area (Å²) >= 11 is 0. The van der Waals surface area contributed by atoms with Crippen molar-refractivity contribution >= 4 is 5.91 Å². The Kier molecular flexibility index (Phi) is 4.28. The Bertz CT molecular complexity index is 658. The largest absolute Gasteiger partial charge is 0.338 e. The maximum Gasteiger partial charge on any atom is 0.227 e. The summed E-state index contributed by atoms with van der Waals surface area (Å²) in [5.41, 5.74) is 5.10. The molecule has 2 aromatic rings. The molecule has 0 spiro atoms. The van der Waals surface area contributed by atoms with Crippen LogP contribution in [0.4, 0.5) is 0 Å². The van der Waals surface area contributed by atoms with Crippen LogP contribution in [-0.4, -0.2) is 17.4 Å². The SMILES string of the molecule is CC(C)c1ccc(CC(=O)N2CCc3ccccc3C2)cc1. The Morgan fingerprint density at radius 3 is 2.41 bits per heavy atom. The molecule has 0 aromatic heterocycles. The van der Waals surface area contributed by atoms with Gasteiger partial charge in [-0.15, -0.1) is 0 Å². The zero-order valence-electron chi connectivity index (χ0n) is 13.4. The van der Waals surface area contributed by atoms with Crippen molar-refractivity contribution in [3.63, 3.8) is 0 Å². The Hall–Kier alpha value is -2.09. The standard InChI is InChI=1S/C20H23NO/c1-15(2)17-9-7-16(8-10-17)13-20(22)21-12-11-18-5-3-4-6-19(18)14-21/h3-10,15H,11-14H2,1-2H3. The third-order valence-corrected chi connectivity index (χ3v) is 4.49. The van der Waals surface area contributed by atoms with Crippen molar-refractivity contribution in [2.24, 2.45) is 0 Å². The van der Waals surface area contributed by atoms with Crippen molar-refractivity contribution in [1.29, 1.82) is 0 Å². The highest BCUT2D eigenvalue weighted by atomic mass is 16.2. The van der Waals surface area contributed by atoms with Gasteiger partial charge in [-0.05, 0) is 34.6 Å². The average Bonchev–Trinajstić information content (AvgIpc) is 2.55. The Labute approximate surface area is 132 Å². The Morgan fingerprint density at radius 1 is 1.05 bits per heavy atom. The predicted octanol–water partition coefficient (Wildman–Crippen LogP) is 3.94. The van der Waals surface area contributed by atoms with Gasteiger partial charge in [0.2, 0.25) is 5.91 Å². The lowest BCUT2D eigenvalue weighted by atomic mass is 9.98. The fourth-order valence-electron chi connectivity index (χ4n) is 3.02. The minimum Gasteiger partial charge on any atom is -0.338 e. The van der Waals surface area contributed by atoms with Gasteiger partial charge in [-0.1, -0.05) is 62.4 Å². The van der Waals surface area contributed by atoms with Gasteiger partial charge < -0.3 is 4.90 Å². The van der Waals surface area contributed by atoms with Gasteiger partial charge in [-0.2, -0.15) is 0 Å². The van der Waals surface area contributed by atoms with E-state index in [0.717, 1.165) is 25.1 Å². The van der Waals surface area contributed by atoms with E-state index in [4.69, 9.17) is 0 Å². The molecule has 0 saturated heterocycles. The van der Waals surface area contributed by atoms with Gasteiger partial charge >= 0.3 is 0 Å². The minimum atomic E-state index is 0.229. The maximum absolute atomic E-state index is 12.5. The molecule has 0 unspecified atom stereocenters. The molecule has 2 aromatic carbocycles. The maximum atomic E-state index is 12.5. The number of carbonyl (C=O) groups excluding carboxylic acids is 1. The molecule has 0 atom stereocenters. The molecule has 114 valence electrons. The van der Waals surface area contributed by atoms with Crippen LogP contribution in [0.15, 0.2) is 48.5 Å². The summed E-state index contributed by atoms with van der Waals surface area (Å²) in [5.74, 6) is 0.759. The summed E-state index contributed by atoms with van der Waals surface area (Å²) in [6, 6.07) is 16.9. The lowest BCUT2D eigenvalue weighted by Crippen LogP contribution is -2.36. The molecule has 0 bridgehead atoms. The van der Waals surface area contributed by atoms with Gasteiger partial charge in [-0.25, -0.2) is 0 Å². The molecule has 1 amide bonds. The zero-order valence-corrected chi connectivity index (χ0v) is 13.4. The first-order valence-corrected chi connectivity index (χ1v) is 8.07. The van der Waals surface area contributed by atoms with E-state index in [-0.39, 0.29) is 5.91 Å². The number of rotatable bonds is 3. The van der Waals surface area contributed by atoms with Gasteiger partial charge in [0, 0.05) is 13.1 Å². The van der Waals surface area contributed by atoms with Crippen molar-refractivity contribution in [1.82, 2.24) is 4.90 Å². The highest BCUT2D eigenvalue weighted by Gasteiger charge is 2.20. The normalized spacial score (nSPS) is 14.0. The topological polar surface area (TPSA) is 20.3 Å². The smallest absolute Gasteiger partial charge is 0.227 e. The van der Waals surface area contributed by atoms with Gasteiger partial charge in [0.05, 0.1) is 6.42 Å². The summed E-state index contributed by atoms with van der Waals surface area (Å²) < 4.78 is 0. The van der Waals surface area contributed by atoms with E-state index in [9.17, 15) is 4.79 Å². The Morgan fingerprint density at radius 2 is 1.73 bits per heavy atom. The predicted molar refractivity (Wildman–Crippen MR) is 89.8 cm³/mol. The highest BCUT2D eigenvalue weighted by Crippen LogP contribution is 2.20. The molecule has 2 nitrogen and oxygen atoms in total. The molecule has 0 N–H and O–H groups in total. The lowest BCUT2D eigenvalue weighted by molar-refractivity contribution is -0.131. The second kappa shape index (κ2) is 6.35. The molecule has 2 heteroatoms. The van der Waals surface area contributed by atoms with E-state index in [2.05, 4.69) is 62.4 Å². The van der Waals surface area contributed by atoms with E-state index >= 15 is 0 Å². The van der Waals surface area contributed by atoms with E-state index in [1.165, 1.54) is 16.7 Å². The van der Waals surface area contributed by atoms with Crippen molar-refractivity contribution in [3.05, 3.63) is 70.8 Å². The Balaban J connectivity index is 1.65. The first-order valence-electron chi connectivity index (χ1n) is 8.07. The molecule has 0 fully saturated rings. The third-order valence-electron chi connectivity index (χ3n) is 4.49. The van der Waals surface area contributed by atoms with Crippen molar-refractivity contribution in [2.45, 2.75) is 39.2 Å². The summed E-state index contributed by atoms with van der Waals surface area (Å²) in [6.45, 7) is 5.95. The van der Waals surface area contributed by atoms with Crippen LogP contribution in [0.25, 0.3) is 0 Å². The summed E-state index contributed by atoms with van der Waals surface area (Å²) in [7, 11) is 0. The second-order valence-corrected chi connectivity index (χ2v) is 6.41. The summed E-state index contributed by atoms with van der Waals surface area (Å²) in [4.78, 5) is 14.5. The van der Waals surface area contributed by atoms with Crippen LogP contribution in [-0.2, 0) is 24.2 Å².